The van der Waals surface area contributed by atoms with Gasteiger partial charge < -0.3 is 10.4 Å². The van der Waals surface area contributed by atoms with Crippen molar-refractivity contribution in [1.29, 1.82) is 0 Å². The molecule has 8 heteroatoms. The molecule has 0 aliphatic carbocycles. The van der Waals surface area contributed by atoms with Gasteiger partial charge in [0.15, 0.2) is 5.69 Å². The Morgan fingerprint density at radius 1 is 1.40 bits per heavy atom. The first-order valence-corrected chi connectivity index (χ1v) is 7.77. The van der Waals surface area contributed by atoms with Crippen molar-refractivity contribution < 1.29 is 9.90 Å². The molecule has 0 saturated carbocycles. The molecule has 20 heavy (non-hydrogen) atoms. The van der Waals surface area contributed by atoms with Crippen molar-refractivity contribution >= 4 is 34.0 Å². The number of rotatable bonds is 5. The monoisotopic (exact) mass is 312 g/mol. The van der Waals surface area contributed by atoms with E-state index >= 15 is 0 Å². The maximum Gasteiger partial charge on any atom is 0.355 e. The average Bonchev–Trinajstić information content (AvgIpc) is 2.96. The first kappa shape index (κ1) is 14.9. The fourth-order valence-electron chi connectivity index (χ4n) is 1.40. The molecule has 0 fully saturated rings. The number of aromatic carboxylic acids is 1. The molecule has 0 amide bonds. The number of carboxylic acid groups (broad SMARTS) is 1. The molecule has 108 valence electrons. The molecule has 0 saturated heterocycles. The number of hydrogen-bond donors (Lipinski definition) is 2. The number of carbonyl (C=O) groups is 1. The van der Waals surface area contributed by atoms with Crippen LogP contribution in [-0.2, 0) is 11.8 Å². The molecule has 0 atom stereocenters. The van der Waals surface area contributed by atoms with Gasteiger partial charge in [-0.3, -0.25) is 0 Å². The smallest absolute Gasteiger partial charge is 0.355 e. The number of aromatic nitrogens is 3. The lowest BCUT2D eigenvalue weighted by Gasteiger charge is -2.12. The summed E-state index contributed by atoms with van der Waals surface area (Å²) in [6.45, 7) is 6.87. The Bertz CT molecular complexity index is 601. The van der Waals surface area contributed by atoms with Crippen LogP contribution >= 0.6 is 22.9 Å². The van der Waals surface area contributed by atoms with E-state index in [2.05, 4.69) is 40.4 Å². The molecular weight excluding hydrogens is 296 g/mol. The highest BCUT2D eigenvalue weighted by Crippen LogP contribution is 2.22. The first-order valence-electron chi connectivity index (χ1n) is 6.12. The van der Waals surface area contributed by atoms with Crippen molar-refractivity contribution in [1.82, 2.24) is 14.3 Å². The van der Waals surface area contributed by atoms with E-state index in [9.17, 15) is 4.79 Å². The van der Waals surface area contributed by atoms with Crippen molar-refractivity contribution in [3.05, 3.63) is 21.9 Å². The Morgan fingerprint density at radius 3 is 2.70 bits per heavy atom. The maximum absolute atomic E-state index is 10.7. The molecule has 2 heterocycles. The first-order chi connectivity index (χ1) is 9.36. The second-order valence-corrected chi connectivity index (χ2v) is 6.98. The van der Waals surface area contributed by atoms with E-state index in [1.165, 1.54) is 22.9 Å². The molecule has 6 nitrogen and oxygen atoms in total. The number of anilines is 1. The molecule has 0 aliphatic heterocycles. The van der Waals surface area contributed by atoms with E-state index in [0.29, 0.717) is 13.0 Å². The molecule has 2 aromatic rings. The van der Waals surface area contributed by atoms with Crippen LogP contribution in [0.2, 0.25) is 0 Å². The standard InChI is InChI=1S/C12H16N4O2S2/c1-12(2,3)10-15-11(20-16-10)13-5-4-8-14-7(6-19-8)9(17)18/h6H,4-5H2,1-3H3,(H,17,18)(H,13,15,16). The van der Waals surface area contributed by atoms with Gasteiger partial charge in [-0.2, -0.15) is 4.37 Å². The molecule has 2 aromatic heterocycles. The fraction of sp³-hybridized carbons (Fsp3) is 0.500. The average molecular weight is 312 g/mol. The summed E-state index contributed by atoms with van der Waals surface area (Å²) in [6, 6.07) is 0. The molecule has 0 aromatic carbocycles. The Kier molecular flexibility index (Phi) is 4.34. The Morgan fingerprint density at radius 2 is 2.15 bits per heavy atom. The normalized spacial score (nSPS) is 11.6. The molecule has 2 N–H and O–H groups in total. The second kappa shape index (κ2) is 5.84. The molecule has 2 rings (SSSR count). The van der Waals surface area contributed by atoms with Crippen molar-refractivity contribution in [2.24, 2.45) is 0 Å². The highest BCUT2D eigenvalue weighted by molar-refractivity contribution is 7.10. The van der Waals surface area contributed by atoms with Crippen molar-refractivity contribution in [3.8, 4) is 0 Å². The summed E-state index contributed by atoms with van der Waals surface area (Å²) in [5.41, 5.74) is 0.0539. The van der Waals surface area contributed by atoms with E-state index in [4.69, 9.17) is 5.11 Å². The molecule has 0 radical (unpaired) electrons. The van der Waals surface area contributed by atoms with Gasteiger partial charge in [-0.05, 0) is 0 Å². The number of nitrogens with one attached hydrogen (secondary N) is 1. The Hall–Kier alpha value is -1.54. The summed E-state index contributed by atoms with van der Waals surface area (Å²) in [7, 11) is 0. The minimum absolute atomic E-state index is 0.0534. The molecule has 0 unspecified atom stereocenters. The Balaban J connectivity index is 1.86. The Labute approximate surface area is 125 Å². The summed E-state index contributed by atoms with van der Waals surface area (Å²) in [5.74, 6) is -0.160. The number of hydrogen-bond acceptors (Lipinski definition) is 7. The lowest BCUT2D eigenvalue weighted by atomic mass is 9.96. The van der Waals surface area contributed by atoms with Gasteiger partial charge in [-0.15, -0.1) is 11.3 Å². The third kappa shape index (κ3) is 3.73. The summed E-state index contributed by atoms with van der Waals surface area (Å²) < 4.78 is 4.32. The van der Waals surface area contributed by atoms with E-state index in [1.807, 2.05) is 0 Å². The van der Waals surface area contributed by atoms with Crippen LogP contribution in [0.5, 0.6) is 0 Å². The van der Waals surface area contributed by atoms with Gasteiger partial charge in [0.1, 0.15) is 5.82 Å². The molecule has 0 aliphatic rings. The van der Waals surface area contributed by atoms with E-state index < -0.39 is 5.97 Å². The predicted octanol–water partition coefficient (Wildman–Crippen LogP) is 2.64. The van der Waals surface area contributed by atoms with Gasteiger partial charge in [0.25, 0.3) is 0 Å². The van der Waals surface area contributed by atoms with Crippen LogP contribution in [0.25, 0.3) is 0 Å². The summed E-state index contributed by atoms with van der Waals surface area (Å²) in [4.78, 5) is 19.2. The highest BCUT2D eigenvalue weighted by Gasteiger charge is 2.19. The van der Waals surface area contributed by atoms with Gasteiger partial charge >= 0.3 is 5.97 Å². The van der Waals surface area contributed by atoms with Crippen LogP contribution in [-0.4, -0.2) is 32.0 Å². The van der Waals surface area contributed by atoms with E-state index in [-0.39, 0.29) is 11.1 Å². The van der Waals surface area contributed by atoms with Crippen molar-refractivity contribution in [2.75, 3.05) is 11.9 Å². The van der Waals surface area contributed by atoms with Gasteiger partial charge in [0, 0.05) is 35.3 Å². The summed E-state index contributed by atoms with van der Waals surface area (Å²) in [6.07, 6.45) is 0.669. The minimum Gasteiger partial charge on any atom is -0.476 e. The van der Waals surface area contributed by atoms with Gasteiger partial charge in [-0.1, -0.05) is 20.8 Å². The van der Waals surface area contributed by atoms with E-state index in [1.54, 1.807) is 5.38 Å². The van der Waals surface area contributed by atoms with Gasteiger partial charge in [0.05, 0.1) is 5.01 Å². The van der Waals surface area contributed by atoms with Crippen LogP contribution in [0.15, 0.2) is 5.38 Å². The zero-order chi connectivity index (χ0) is 14.8. The highest BCUT2D eigenvalue weighted by atomic mass is 32.1. The SMILES string of the molecule is CC(C)(C)c1nsc(NCCc2nc(C(=O)O)cs2)n1. The lowest BCUT2D eigenvalue weighted by molar-refractivity contribution is 0.0691. The van der Waals surface area contributed by atoms with Crippen LogP contribution in [0.3, 0.4) is 0 Å². The van der Waals surface area contributed by atoms with Crippen molar-refractivity contribution in [3.63, 3.8) is 0 Å². The molecular formula is C12H16N4O2S2. The maximum atomic E-state index is 10.7. The quantitative estimate of drug-likeness (QED) is 0.882. The predicted molar refractivity (Wildman–Crippen MR) is 79.9 cm³/mol. The summed E-state index contributed by atoms with van der Waals surface area (Å²) >= 11 is 2.70. The minimum atomic E-state index is -0.987. The van der Waals surface area contributed by atoms with Crippen LogP contribution in [0, 0.1) is 0 Å². The number of nitrogens with zero attached hydrogens (tertiary/aromatic N) is 3. The van der Waals surface area contributed by atoms with E-state index in [0.717, 1.165) is 16.0 Å². The zero-order valence-corrected chi connectivity index (χ0v) is 13.1. The lowest BCUT2D eigenvalue weighted by Crippen LogP contribution is -2.13. The van der Waals surface area contributed by atoms with Crippen LogP contribution in [0.1, 0.15) is 42.1 Å². The molecule has 0 spiro atoms. The van der Waals surface area contributed by atoms with Crippen LogP contribution in [0.4, 0.5) is 5.13 Å². The third-order valence-corrected chi connectivity index (χ3v) is 4.06. The van der Waals surface area contributed by atoms with Gasteiger partial charge in [-0.25, -0.2) is 14.8 Å². The third-order valence-electron chi connectivity index (χ3n) is 2.48. The van der Waals surface area contributed by atoms with Gasteiger partial charge in [0.2, 0.25) is 5.13 Å². The number of thiazole rings is 1. The number of carboxylic acids is 1. The fourth-order valence-corrected chi connectivity index (χ4v) is 2.95. The topological polar surface area (TPSA) is 88.0 Å². The van der Waals surface area contributed by atoms with Crippen LogP contribution < -0.4 is 5.32 Å². The largest absolute Gasteiger partial charge is 0.476 e. The molecule has 0 bridgehead atoms. The zero-order valence-electron chi connectivity index (χ0n) is 11.5. The van der Waals surface area contributed by atoms with Crippen molar-refractivity contribution in [2.45, 2.75) is 32.6 Å². The summed E-state index contributed by atoms with van der Waals surface area (Å²) in [5, 5.41) is 15.1. The second-order valence-electron chi connectivity index (χ2n) is 5.28.